The molecule has 2 aromatic heterocycles. The predicted molar refractivity (Wildman–Crippen MR) is 96.3 cm³/mol. The number of fused-ring (bicyclic) bond motifs is 1. The van der Waals surface area contributed by atoms with Crippen molar-refractivity contribution in [1.82, 2.24) is 14.3 Å². The zero-order valence-corrected chi connectivity index (χ0v) is 14.2. The van der Waals surface area contributed by atoms with E-state index in [-0.39, 0.29) is 5.91 Å². The summed E-state index contributed by atoms with van der Waals surface area (Å²) in [6.45, 7) is 1.78. The Morgan fingerprint density at radius 2 is 1.88 bits per heavy atom. The van der Waals surface area contributed by atoms with Crippen molar-refractivity contribution in [2.75, 3.05) is 13.1 Å². The number of thioether (sulfide) groups is 1. The van der Waals surface area contributed by atoms with E-state index in [1.165, 1.54) is 5.56 Å². The van der Waals surface area contributed by atoms with E-state index in [1.807, 2.05) is 53.7 Å². The molecule has 5 heteroatoms. The van der Waals surface area contributed by atoms with Crippen LogP contribution in [-0.2, 0) is 5.75 Å². The quantitative estimate of drug-likeness (QED) is 0.679. The zero-order valence-electron chi connectivity index (χ0n) is 13.4. The maximum Gasteiger partial charge on any atom is 0.253 e. The molecule has 1 saturated heterocycles. The first-order valence-corrected chi connectivity index (χ1v) is 9.23. The van der Waals surface area contributed by atoms with E-state index in [1.54, 1.807) is 11.8 Å². The number of hydrogen-bond acceptors (Lipinski definition) is 3. The van der Waals surface area contributed by atoms with Gasteiger partial charge in [-0.3, -0.25) is 9.20 Å². The minimum Gasteiger partial charge on any atom is -0.339 e. The Kier molecular flexibility index (Phi) is 4.26. The van der Waals surface area contributed by atoms with Gasteiger partial charge in [0.2, 0.25) is 0 Å². The van der Waals surface area contributed by atoms with Gasteiger partial charge in [0.25, 0.3) is 5.91 Å². The van der Waals surface area contributed by atoms with Gasteiger partial charge in [0.1, 0.15) is 0 Å². The minimum absolute atomic E-state index is 0.158. The predicted octanol–water partition coefficient (Wildman–Crippen LogP) is 3.86. The molecule has 1 aliphatic rings. The van der Waals surface area contributed by atoms with Crippen LogP contribution in [0.25, 0.3) is 5.52 Å². The Bertz CT molecular complexity index is 850. The number of aromatic nitrogens is 2. The van der Waals surface area contributed by atoms with E-state index < -0.39 is 0 Å². The van der Waals surface area contributed by atoms with Gasteiger partial charge in [-0.15, -0.1) is 0 Å². The molecule has 4 rings (SSSR count). The molecule has 4 nitrogen and oxygen atoms in total. The number of carbonyl (C=O) groups excluding carboxylic acids is 1. The van der Waals surface area contributed by atoms with E-state index in [0.29, 0.717) is 0 Å². The SMILES string of the molecule is O=C(c1ccc(CSc2ncc3ccccn23)cc1)N1CCCC1. The summed E-state index contributed by atoms with van der Waals surface area (Å²) in [6, 6.07) is 14.1. The molecule has 0 saturated carbocycles. The van der Waals surface area contributed by atoms with Crippen LogP contribution in [-0.4, -0.2) is 33.3 Å². The second kappa shape index (κ2) is 6.69. The number of nitrogens with zero attached hydrogens (tertiary/aromatic N) is 3. The van der Waals surface area contributed by atoms with Crippen LogP contribution in [0.2, 0.25) is 0 Å². The topological polar surface area (TPSA) is 37.6 Å². The van der Waals surface area contributed by atoms with Crippen molar-refractivity contribution in [1.29, 1.82) is 0 Å². The lowest BCUT2D eigenvalue weighted by molar-refractivity contribution is 0.0793. The second-order valence-electron chi connectivity index (χ2n) is 6.02. The standard InChI is InChI=1S/C19H19N3OS/c23-18(21-10-3-4-11-21)16-8-6-15(7-9-16)14-24-19-20-13-17-5-1-2-12-22(17)19/h1-2,5-9,12-13H,3-4,10-11,14H2. The van der Waals surface area contributed by atoms with Crippen molar-refractivity contribution in [2.45, 2.75) is 23.8 Å². The highest BCUT2D eigenvalue weighted by molar-refractivity contribution is 7.98. The minimum atomic E-state index is 0.158. The highest BCUT2D eigenvalue weighted by Gasteiger charge is 2.19. The van der Waals surface area contributed by atoms with E-state index in [0.717, 1.165) is 47.9 Å². The molecule has 0 unspecified atom stereocenters. The fourth-order valence-electron chi connectivity index (χ4n) is 3.02. The molecule has 0 spiro atoms. The van der Waals surface area contributed by atoms with Crippen LogP contribution in [0.4, 0.5) is 0 Å². The average molecular weight is 337 g/mol. The summed E-state index contributed by atoms with van der Waals surface area (Å²) < 4.78 is 2.09. The smallest absolute Gasteiger partial charge is 0.253 e. The summed E-state index contributed by atoms with van der Waals surface area (Å²) in [5.74, 6) is 0.998. The highest BCUT2D eigenvalue weighted by atomic mass is 32.2. The van der Waals surface area contributed by atoms with Gasteiger partial charge in [-0.2, -0.15) is 0 Å². The molecule has 0 radical (unpaired) electrons. The average Bonchev–Trinajstić information content (AvgIpc) is 3.30. The third-order valence-corrected chi connectivity index (χ3v) is 5.40. The number of hydrogen-bond donors (Lipinski definition) is 0. The van der Waals surface area contributed by atoms with Gasteiger partial charge in [-0.25, -0.2) is 4.98 Å². The van der Waals surface area contributed by atoms with Gasteiger partial charge in [0.15, 0.2) is 5.16 Å². The maximum atomic E-state index is 12.4. The molecule has 1 aliphatic heterocycles. The Morgan fingerprint density at radius 3 is 2.67 bits per heavy atom. The first-order valence-electron chi connectivity index (χ1n) is 8.24. The van der Waals surface area contributed by atoms with Crippen LogP contribution in [0, 0.1) is 0 Å². The summed E-state index contributed by atoms with van der Waals surface area (Å²) in [4.78, 5) is 18.8. The summed E-state index contributed by atoms with van der Waals surface area (Å²) >= 11 is 1.71. The number of imidazole rings is 1. The Morgan fingerprint density at radius 1 is 1.08 bits per heavy atom. The number of likely N-dealkylation sites (tertiary alicyclic amines) is 1. The lowest BCUT2D eigenvalue weighted by atomic mass is 10.1. The largest absolute Gasteiger partial charge is 0.339 e. The summed E-state index contributed by atoms with van der Waals surface area (Å²) in [7, 11) is 0. The summed E-state index contributed by atoms with van der Waals surface area (Å²) in [5, 5.41) is 0.989. The van der Waals surface area contributed by atoms with Crippen molar-refractivity contribution in [2.24, 2.45) is 0 Å². The van der Waals surface area contributed by atoms with E-state index in [2.05, 4.69) is 15.5 Å². The lowest BCUT2D eigenvalue weighted by Gasteiger charge is -2.15. The van der Waals surface area contributed by atoms with Gasteiger partial charge in [0, 0.05) is 30.6 Å². The van der Waals surface area contributed by atoms with Gasteiger partial charge >= 0.3 is 0 Å². The van der Waals surface area contributed by atoms with Crippen LogP contribution in [0.3, 0.4) is 0 Å². The Hall–Kier alpha value is -2.27. The number of amides is 1. The molecule has 0 atom stereocenters. The first-order chi connectivity index (χ1) is 11.8. The number of pyridine rings is 1. The van der Waals surface area contributed by atoms with Crippen LogP contribution in [0.15, 0.2) is 60.0 Å². The fraction of sp³-hybridized carbons (Fsp3) is 0.263. The molecule has 3 aromatic rings. The van der Waals surface area contributed by atoms with Crippen LogP contribution in [0.1, 0.15) is 28.8 Å². The number of rotatable bonds is 4. The third kappa shape index (κ3) is 3.04. The van der Waals surface area contributed by atoms with Gasteiger partial charge < -0.3 is 4.90 Å². The molecular weight excluding hydrogens is 318 g/mol. The summed E-state index contributed by atoms with van der Waals surface area (Å²) in [6.07, 6.45) is 6.17. The van der Waals surface area contributed by atoms with E-state index in [4.69, 9.17) is 0 Å². The normalized spacial score (nSPS) is 14.4. The molecule has 0 aliphatic carbocycles. The van der Waals surface area contributed by atoms with Gasteiger partial charge in [0.05, 0.1) is 11.7 Å². The van der Waals surface area contributed by atoms with Crippen LogP contribution >= 0.6 is 11.8 Å². The number of carbonyl (C=O) groups is 1. The first kappa shape index (κ1) is 15.3. The highest BCUT2D eigenvalue weighted by Crippen LogP contribution is 2.23. The number of benzene rings is 1. The van der Waals surface area contributed by atoms with Crippen molar-refractivity contribution in [3.8, 4) is 0 Å². The van der Waals surface area contributed by atoms with Crippen molar-refractivity contribution in [3.63, 3.8) is 0 Å². The molecular formula is C19H19N3OS. The zero-order chi connectivity index (χ0) is 16.4. The summed E-state index contributed by atoms with van der Waals surface area (Å²) in [5.41, 5.74) is 3.09. The third-order valence-electron chi connectivity index (χ3n) is 4.37. The van der Waals surface area contributed by atoms with Gasteiger partial charge in [-0.1, -0.05) is 30.0 Å². The Labute approximate surface area is 145 Å². The molecule has 122 valence electrons. The van der Waals surface area contributed by atoms with Crippen molar-refractivity contribution < 1.29 is 4.79 Å². The molecule has 3 heterocycles. The van der Waals surface area contributed by atoms with Crippen molar-refractivity contribution in [3.05, 3.63) is 66.0 Å². The molecule has 1 aromatic carbocycles. The molecule has 1 fully saturated rings. The second-order valence-corrected chi connectivity index (χ2v) is 6.96. The van der Waals surface area contributed by atoms with Crippen LogP contribution in [0.5, 0.6) is 0 Å². The van der Waals surface area contributed by atoms with E-state index in [9.17, 15) is 4.79 Å². The monoisotopic (exact) mass is 337 g/mol. The molecule has 24 heavy (non-hydrogen) atoms. The fourth-order valence-corrected chi connectivity index (χ4v) is 3.94. The molecule has 1 amide bonds. The van der Waals surface area contributed by atoms with E-state index >= 15 is 0 Å². The maximum absolute atomic E-state index is 12.4. The van der Waals surface area contributed by atoms with Crippen molar-refractivity contribution >= 4 is 23.2 Å². The van der Waals surface area contributed by atoms with Crippen LogP contribution < -0.4 is 0 Å². The van der Waals surface area contributed by atoms with Gasteiger partial charge in [-0.05, 0) is 42.7 Å². The molecule has 0 N–H and O–H groups in total. The molecule has 0 bridgehead atoms. The lowest BCUT2D eigenvalue weighted by Crippen LogP contribution is -2.27. The Balaban J connectivity index is 1.43.